The molecule has 0 heterocycles. The molecule has 3 rings (SSSR count). The van der Waals surface area contributed by atoms with Crippen molar-refractivity contribution in [2.45, 2.75) is 18.7 Å². The number of hydrogen-bond acceptors (Lipinski definition) is 8. The third-order valence-corrected chi connectivity index (χ3v) is 6.51. The Kier molecular flexibility index (Phi) is 7.90. The summed E-state index contributed by atoms with van der Waals surface area (Å²) in [6.45, 7) is 2.69. The van der Waals surface area contributed by atoms with Gasteiger partial charge in [-0.3, -0.25) is 19.6 Å². The van der Waals surface area contributed by atoms with Crippen LogP contribution in [-0.2, 0) is 19.6 Å². The summed E-state index contributed by atoms with van der Waals surface area (Å²) in [6, 6.07) is 14.4. The average molecular weight is 514 g/mol. The molecule has 0 atom stereocenters. The molecule has 0 radical (unpaired) electrons. The second kappa shape index (κ2) is 10.9. The van der Waals surface area contributed by atoms with Crippen molar-refractivity contribution in [1.29, 1.82) is 0 Å². The first-order chi connectivity index (χ1) is 17.0. The van der Waals surface area contributed by atoms with Crippen molar-refractivity contribution in [2.75, 3.05) is 23.8 Å². The number of aryl methyl sites for hydroxylation is 2. The van der Waals surface area contributed by atoms with Crippen LogP contribution in [0.1, 0.15) is 21.5 Å². The Balaban J connectivity index is 1.71. The van der Waals surface area contributed by atoms with E-state index in [9.17, 15) is 28.1 Å². The van der Waals surface area contributed by atoms with Crippen LogP contribution in [0.2, 0.25) is 0 Å². The van der Waals surface area contributed by atoms with Gasteiger partial charge in [-0.15, -0.1) is 0 Å². The molecule has 0 aliphatic heterocycles. The van der Waals surface area contributed by atoms with E-state index in [1.165, 1.54) is 31.4 Å². The van der Waals surface area contributed by atoms with E-state index in [0.29, 0.717) is 11.3 Å². The largest absolute Gasteiger partial charge is 0.495 e. The second-order valence-electron chi connectivity index (χ2n) is 7.72. The third kappa shape index (κ3) is 6.36. The number of nitrogens with zero attached hydrogens (tertiary/aromatic N) is 1. The van der Waals surface area contributed by atoms with Crippen LogP contribution < -0.4 is 14.8 Å². The molecule has 3 aromatic rings. The zero-order chi connectivity index (χ0) is 26.5. The first kappa shape index (κ1) is 26.2. The van der Waals surface area contributed by atoms with Crippen LogP contribution in [0.15, 0.2) is 65.6 Å². The third-order valence-electron chi connectivity index (χ3n) is 4.99. The monoisotopic (exact) mass is 513 g/mol. The average Bonchev–Trinajstić information content (AvgIpc) is 2.82. The van der Waals surface area contributed by atoms with E-state index < -0.39 is 33.4 Å². The van der Waals surface area contributed by atoms with E-state index in [1.807, 2.05) is 13.0 Å². The Labute approximate surface area is 207 Å². The van der Waals surface area contributed by atoms with Gasteiger partial charge in [0.1, 0.15) is 5.75 Å². The molecule has 0 aliphatic rings. The number of anilines is 2. The number of nitro benzene ring substituents is 1. The van der Waals surface area contributed by atoms with Crippen molar-refractivity contribution in [1.82, 2.24) is 0 Å². The summed E-state index contributed by atoms with van der Waals surface area (Å²) < 4.78 is 38.4. The zero-order valence-electron chi connectivity index (χ0n) is 19.6. The number of carbonyl (C=O) groups is 2. The van der Waals surface area contributed by atoms with Crippen LogP contribution >= 0.6 is 0 Å². The fourth-order valence-electron chi connectivity index (χ4n) is 3.24. The molecule has 36 heavy (non-hydrogen) atoms. The van der Waals surface area contributed by atoms with Crippen molar-refractivity contribution in [3.8, 4) is 5.75 Å². The summed E-state index contributed by atoms with van der Waals surface area (Å²) in [4.78, 5) is 35.1. The van der Waals surface area contributed by atoms with Crippen LogP contribution in [0.4, 0.5) is 17.1 Å². The fraction of sp³-hybridized carbons (Fsp3) is 0.167. The zero-order valence-corrected chi connectivity index (χ0v) is 20.4. The van der Waals surface area contributed by atoms with E-state index >= 15 is 0 Å². The Morgan fingerprint density at radius 1 is 1.03 bits per heavy atom. The van der Waals surface area contributed by atoms with Gasteiger partial charge in [0.05, 0.1) is 28.2 Å². The number of esters is 1. The number of nitrogens with one attached hydrogen (secondary N) is 2. The van der Waals surface area contributed by atoms with Crippen molar-refractivity contribution in [2.24, 2.45) is 0 Å². The molecule has 1 amide bonds. The minimum Gasteiger partial charge on any atom is -0.495 e. The molecule has 11 nitrogen and oxygen atoms in total. The molecule has 12 heteroatoms. The lowest BCUT2D eigenvalue weighted by atomic mass is 10.1. The highest BCUT2D eigenvalue weighted by atomic mass is 32.2. The van der Waals surface area contributed by atoms with Crippen LogP contribution in [0.3, 0.4) is 0 Å². The molecule has 188 valence electrons. The number of non-ortho nitro benzene ring substituents is 1. The second-order valence-corrected chi connectivity index (χ2v) is 9.37. The number of rotatable bonds is 9. The summed E-state index contributed by atoms with van der Waals surface area (Å²) in [5.41, 5.74) is 1.32. The first-order valence-corrected chi connectivity index (χ1v) is 12.0. The summed E-state index contributed by atoms with van der Waals surface area (Å²) >= 11 is 0. The molecule has 0 aromatic heterocycles. The van der Waals surface area contributed by atoms with Gasteiger partial charge < -0.3 is 14.8 Å². The van der Waals surface area contributed by atoms with Gasteiger partial charge in [0.2, 0.25) is 0 Å². The Bertz CT molecular complexity index is 1440. The highest BCUT2D eigenvalue weighted by Gasteiger charge is 2.21. The van der Waals surface area contributed by atoms with Crippen molar-refractivity contribution < 1.29 is 32.4 Å². The van der Waals surface area contributed by atoms with Gasteiger partial charge >= 0.3 is 5.97 Å². The number of carbonyl (C=O) groups excluding carboxylic acids is 2. The van der Waals surface area contributed by atoms with Gasteiger partial charge in [-0.25, -0.2) is 13.2 Å². The lowest BCUT2D eigenvalue weighted by molar-refractivity contribution is -0.384. The van der Waals surface area contributed by atoms with Gasteiger partial charge in [0, 0.05) is 17.8 Å². The summed E-state index contributed by atoms with van der Waals surface area (Å²) in [5.74, 6) is -1.53. The van der Waals surface area contributed by atoms with E-state index in [1.54, 1.807) is 25.1 Å². The predicted molar refractivity (Wildman–Crippen MR) is 132 cm³/mol. The minimum atomic E-state index is -4.01. The number of ether oxygens (including phenoxy) is 2. The molecule has 0 unspecified atom stereocenters. The predicted octanol–water partition coefficient (Wildman–Crippen LogP) is 3.82. The molecule has 0 fully saturated rings. The highest BCUT2D eigenvalue weighted by molar-refractivity contribution is 7.92. The lowest BCUT2D eigenvalue weighted by Gasteiger charge is -2.13. The smallest absolute Gasteiger partial charge is 0.338 e. The van der Waals surface area contributed by atoms with Crippen LogP contribution in [0.5, 0.6) is 5.75 Å². The van der Waals surface area contributed by atoms with Gasteiger partial charge in [-0.2, -0.15) is 0 Å². The molecule has 0 saturated heterocycles. The van der Waals surface area contributed by atoms with E-state index in [0.717, 1.165) is 17.7 Å². The number of benzene rings is 3. The van der Waals surface area contributed by atoms with Crippen molar-refractivity contribution in [3.63, 3.8) is 0 Å². The van der Waals surface area contributed by atoms with Crippen molar-refractivity contribution in [3.05, 3.63) is 87.5 Å². The number of methoxy groups -OCH3 is 1. The lowest BCUT2D eigenvalue weighted by Crippen LogP contribution is -2.21. The quantitative estimate of drug-likeness (QED) is 0.249. The van der Waals surface area contributed by atoms with Gasteiger partial charge in [-0.05, 0) is 55.3 Å². The SMILES string of the molecule is COc1ccc([N+](=O)[O-])cc1NC(=O)COC(=O)c1ccc(C)c(S(=O)(=O)Nc2cccc(C)c2)c1. The molecule has 0 bridgehead atoms. The topological polar surface area (TPSA) is 154 Å². The van der Waals surface area contributed by atoms with E-state index in [2.05, 4.69) is 10.0 Å². The summed E-state index contributed by atoms with van der Waals surface area (Å²) in [7, 11) is -2.69. The first-order valence-electron chi connectivity index (χ1n) is 10.5. The number of sulfonamides is 1. The van der Waals surface area contributed by atoms with Crippen LogP contribution in [0.25, 0.3) is 0 Å². The summed E-state index contributed by atoms with van der Waals surface area (Å²) in [5, 5.41) is 13.4. The van der Waals surface area contributed by atoms with Gasteiger partial charge in [0.15, 0.2) is 6.61 Å². The van der Waals surface area contributed by atoms with E-state index in [-0.39, 0.29) is 27.6 Å². The number of hydrogen-bond donors (Lipinski definition) is 2. The molecule has 0 saturated carbocycles. The minimum absolute atomic E-state index is 0.0266. The molecule has 2 N–H and O–H groups in total. The molecule has 0 aliphatic carbocycles. The standard InChI is InChI=1S/C24H23N3O8S/c1-15-5-4-6-18(11-15)26-36(32,33)22-12-17(8-7-16(22)2)24(29)35-14-23(28)25-20-13-19(27(30)31)9-10-21(20)34-3/h4-13,26H,14H2,1-3H3,(H,25,28). The van der Waals surface area contributed by atoms with Crippen molar-refractivity contribution >= 4 is 39.0 Å². The maximum Gasteiger partial charge on any atom is 0.338 e. The highest BCUT2D eigenvalue weighted by Crippen LogP contribution is 2.29. The molecule has 3 aromatic carbocycles. The van der Waals surface area contributed by atoms with E-state index in [4.69, 9.17) is 9.47 Å². The van der Waals surface area contributed by atoms with Gasteiger partial charge in [0.25, 0.3) is 21.6 Å². The Morgan fingerprint density at radius 3 is 2.44 bits per heavy atom. The maximum absolute atomic E-state index is 12.9. The molecular weight excluding hydrogens is 490 g/mol. The normalized spacial score (nSPS) is 10.9. The fourth-order valence-corrected chi connectivity index (χ4v) is 4.56. The maximum atomic E-state index is 12.9. The Morgan fingerprint density at radius 2 is 1.78 bits per heavy atom. The number of amides is 1. The van der Waals surface area contributed by atoms with Crippen LogP contribution in [0, 0.1) is 24.0 Å². The molecule has 0 spiro atoms. The Hall–Kier alpha value is -4.45. The summed E-state index contributed by atoms with van der Waals surface area (Å²) in [6.07, 6.45) is 0. The van der Waals surface area contributed by atoms with Gasteiger partial charge in [-0.1, -0.05) is 18.2 Å². The molecular formula is C24H23N3O8S. The van der Waals surface area contributed by atoms with Crippen LogP contribution in [-0.4, -0.2) is 38.9 Å². The number of nitro groups is 1.